The van der Waals surface area contributed by atoms with Crippen molar-refractivity contribution >= 4 is 0 Å². The average Bonchev–Trinajstić information content (AvgIpc) is 2.80. The fourth-order valence-corrected chi connectivity index (χ4v) is 3.92. The van der Waals surface area contributed by atoms with E-state index >= 15 is 0 Å². The smallest absolute Gasteiger partial charge is 0.163 e. The van der Waals surface area contributed by atoms with E-state index in [2.05, 4.69) is 60.0 Å². The number of nitrogens with one attached hydrogen (secondary N) is 2. The molecular weight excluding hydrogens is 384 g/mol. The molecule has 0 heterocycles. The first-order chi connectivity index (χ1) is 15.3. The summed E-state index contributed by atoms with van der Waals surface area (Å²) in [4.78, 5) is 0. The topological polar surface area (TPSA) is 42.5 Å². The fourth-order valence-electron chi connectivity index (χ4n) is 3.92. The SMILES string of the molecule is CCCc1cc(CCNCCCCCCNCCc2ccccc2)cc(OC)c1OC. The Bertz CT molecular complexity index is 719. The second kappa shape index (κ2) is 15.7. The maximum absolute atomic E-state index is 5.56. The standard InChI is InChI=1S/C27H42N2O2/c1-4-12-25-21-24(22-26(30-2)27(25)31-3)16-20-29-18-11-6-5-10-17-28-19-15-23-13-8-7-9-14-23/h7-9,13-14,21-22,28-29H,4-6,10-12,15-20H2,1-3H3. The molecule has 31 heavy (non-hydrogen) atoms. The second-order valence-electron chi connectivity index (χ2n) is 8.14. The first kappa shape index (κ1) is 25.2. The van der Waals surface area contributed by atoms with E-state index in [9.17, 15) is 0 Å². The van der Waals surface area contributed by atoms with Gasteiger partial charge in [-0.15, -0.1) is 0 Å². The van der Waals surface area contributed by atoms with Crippen LogP contribution in [0.1, 0.15) is 55.7 Å². The molecule has 0 spiro atoms. The van der Waals surface area contributed by atoms with E-state index < -0.39 is 0 Å². The molecule has 0 bridgehead atoms. The Hall–Kier alpha value is -2.04. The highest BCUT2D eigenvalue weighted by Gasteiger charge is 2.11. The molecule has 0 aliphatic rings. The molecule has 0 unspecified atom stereocenters. The maximum Gasteiger partial charge on any atom is 0.163 e. The molecular formula is C27H42N2O2. The van der Waals surface area contributed by atoms with Crippen LogP contribution in [0, 0.1) is 0 Å². The van der Waals surface area contributed by atoms with Crippen LogP contribution in [0.2, 0.25) is 0 Å². The lowest BCUT2D eigenvalue weighted by atomic mass is 10.0. The van der Waals surface area contributed by atoms with Crippen molar-refractivity contribution < 1.29 is 9.47 Å². The molecule has 0 fully saturated rings. The van der Waals surface area contributed by atoms with Crippen LogP contribution in [0.4, 0.5) is 0 Å². The van der Waals surface area contributed by atoms with Crippen molar-refractivity contribution in [3.63, 3.8) is 0 Å². The third kappa shape index (κ3) is 9.75. The first-order valence-corrected chi connectivity index (χ1v) is 12.0. The summed E-state index contributed by atoms with van der Waals surface area (Å²) in [7, 11) is 3.44. The quantitative estimate of drug-likeness (QED) is 0.342. The number of unbranched alkanes of at least 4 members (excludes halogenated alkanes) is 3. The first-order valence-electron chi connectivity index (χ1n) is 12.0. The van der Waals surface area contributed by atoms with E-state index in [0.717, 1.165) is 63.4 Å². The summed E-state index contributed by atoms with van der Waals surface area (Å²) < 4.78 is 11.1. The number of rotatable bonds is 17. The van der Waals surface area contributed by atoms with Crippen molar-refractivity contribution in [2.24, 2.45) is 0 Å². The Morgan fingerprint density at radius 3 is 1.90 bits per heavy atom. The molecule has 0 aromatic heterocycles. The molecule has 0 saturated carbocycles. The van der Waals surface area contributed by atoms with Gasteiger partial charge in [-0.3, -0.25) is 0 Å². The lowest BCUT2D eigenvalue weighted by Gasteiger charge is -2.15. The summed E-state index contributed by atoms with van der Waals surface area (Å²) in [6.45, 7) is 6.49. The minimum absolute atomic E-state index is 0.848. The largest absolute Gasteiger partial charge is 0.493 e. The van der Waals surface area contributed by atoms with Crippen molar-refractivity contribution in [1.29, 1.82) is 0 Å². The van der Waals surface area contributed by atoms with Crippen molar-refractivity contribution in [3.8, 4) is 11.5 Å². The Labute approximate surface area is 189 Å². The Balaban J connectivity index is 1.51. The van der Waals surface area contributed by atoms with Crippen LogP contribution in [0.25, 0.3) is 0 Å². The van der Waals surface area contributed by atoms with Gasteiger partial charge in [0.2, 0.25) is 0 Å². The van der Waals surface area contributed by atoms with Gasteiger partial charge in [0.05, 0.1) is 14.2 Å². The van der Waals surface area contributed by atoms with E-state index in [0.29, 0.717) is 0 Å². The maximum atomic E-state index is 5.56. The van der Waals surface area contributed by atoms with Crippen molar-refractivity contribution in [2.75, 3.05) is 40.4 Å². The van der Waals surface area contributed by atoms with Gasteiger partial charge < -0.3 is 20.1 Å². The van der Waals surface area contributed by atoms with E-state index in [1.165, 1.54) is 42.4 Å². The molecule has 4 nitrogen and oxygen atoms in total. The van der Waals surface area contributed by atoms with Crippen LogP contribution in [-0.4, -0.2) is 40.4 Å². The zero-order chi connectivity index (χ0) is 22.2. The monoisotopic (exact) mass is 426 g/mol. The van der Waals surface area contributed by atoms with E-state index in [1.807, 2.05) is 0 Å². The molecule has 0 atom stereocenters. The van der Waals surface area contributed by atoms with Gasteiger partial charge in [-0.2, -0.15) is 0 Å². The number of ether oxygens (including phenoxy) is 2. The van der Waals surface area contributed by atoms with E-state index in [4.69, 9.17) is 9.47 Å². The zero-order valence-electron chi connectivity index (χ0n) is 19.8. The lowest BCUT2D eigenvalue weighted by Crippen LogP contribution is -2.19. The number of hydrogen-bond acceptors (Lipinski definition) is 4. The van der Waals surface area contributed by atoms with Gasteiger partial charge in [0.15, 0.2) is 11.5 Å². The molecule has 0 saturated heterocycles. The predicted octanol–water partition coefficient (Wildman–Crippen LogP) is 5.18. The molecule has 4 heteroatoms. The molecule has 0 amide bonds. The Kier molecular flexibility index (Phi) is 12.8. The fraction of sp³-hybridized carbons (Fsp3) is 0.556. The van der Waals surface area contributed by atoms with Crippen LogP contribution >= 0.6 is 0 Å². The molecule has 172 valence electrons. The predicted molar refractivity (Wildman–Crippen MR) is 132 cm³/mol. The second-order valence-corrected chi connectivity index (χ2v) is 8.14. The highest BCUT2D eigenvalue weighted by molar-refractivity contribution is 5.49. The van der Waals surface area contributed by atoms with Crippen LogP contribution < -0.4 is 20.1 Å². The Morgan fingerprint density at radius 1 is 0.677 bits per heavy atom. The number of hydrogen-bond donors (Lipinski definition) is 2. The molecule has 2 aromatic carbocycles. The number of methoxy groups -OCH3 is 2. The summed E-state index contributed by atoms with van der Waals surface area (Å²) in [6, 6.07) is 15.1. The third-order valence-corrected chi connectivity index (χ3v) is 5.62. The minimum Gasteiger partial charge on any atom is -0.493 e. The van der Waals surface area contributed by atoms with Gasteiger partial charge in [-0.1, -0.05) is 62.6 Å². The Morgan fingerprint density at radius 2 is 1.32 bits per heavy atom. The molecule has 2 N–H and O–H groups in total. The third-order valence-electron chi connectivity index (χ3n) is 5.62. The molecule has 2 aromatic rings. The lowest BCUT2D eigenvalue weighted by molar-refractivity contribution is 0.351. The van der Waals surface area contributed by atoms with Crippen LogP contribution in [0.5, 0.6) is 11.5 Å². The molecule has 0 radical (unpaired) electrons. The van der Waals surface area contributed by atoms with Gasteiger partial charge >= 0.3 is 0 Å². The average molecular weight is 427 g/mol. The minimum atomic E-state index is 0.848. The molecule has 0 aliphatic carbocycles. The van der Waals surface area contributed by atoms with Crippen molar-refractivity contribution in [1.82, 2.24) is 10.6 Å². The van der Waals surface area contributed by atoms with Crippen LogP contribution in [0.15, 0.2) is 42.5 Å². The van der Waals surface area contributed by atoms with Gasteiger partial charge in [-0.05, 0) is 81.0 Å². The normalized spacial score (nSPS) is 10.9. The van der Waals surface area contributed by atoms with Gasteiger partial charge in [0.1, 0.15) is 0 Å². The summed E-state index contributed by atoms with van der Waals surface area (Å²) >= 11 is 0. The van der Waals surface area contributed by atoms with E-state index in [1.54, 1.807) is 14.2 Å². The number of aryl methyl sites for hydroxylation is 1. The van der Waals surface area contributed by atoms with Crippen molar-refractivity contribution in [2.45, 2.75) is 58.3 Å². The van der Waals surface area contributed by atoms with Crippen LogP contribution in [0.3, 0.4) is 0 Å². The van der Waals surface area contributed by atoms with Crippen LogP contribution in [-0.2, 0) is 19.3 Å². The molecule has 2 rings (SSSR count). The number of benzene rings is 2. The zero-order valence-corrected chi connectivity index (χ0v) is 19.8. The van der Waals surface area contributed by atoms with Crippen molar-refractivity contribution in [3.05, 3.63) is 59.2 Å². The summed E-state index contributed by atoms with van der Waals surface area (Å²) in [5.41, 5.74) is 3.97. The molecule has 0 aliphatic heterocycles. The summed E-state index contributed by atoms with van der Waals surface area (Å²) in [5.74, 6) is 1.73. The summed E-state index contributed by atoms with van der Waals surface area (Å²) in [5, 5.41) is 7.15. The van der Waals surface area contributed by atoms with Gasteiger partial charge in [0.25, 0.3) is 0 Å². The van der Waals surface area contributed by atoms with Gasteiger partial charge in [0, 0.05) is 0 Å². The highest BCUT2D eigenvalue weighted by atomic mass is 16.5. The highest BCUT2D eigenvalue weighted by Crippen LogP contribution is 2.33. The van der Waals surface area contributed by atoms with E-state index in [-0.39, 0.29) is 0 Å². The summed E-state index contributed by atoms with van der Waals surface area (Å²) in [6.07, 6.45) is 9.36. The van der Waals surface area contributed by atoms with Gasteiger partial charge in [-0.25, -0.2) is 0 Å².